The molecule has 2 atom stereocenters. The molecule has 0 amide bonds. The average molecular weight is 181 g/mol. The highest BCUT2D eigenvalue weighted by Crippen LogP contribution is 2.37. The first kappa shape index (κ1) is 9.00. The van der Waals surface area contributed by atoms with Gasteiger partial charge in [0.1, 0.15) is 0 Å². The van der Waals surface area contributed by atoms with Gasteiger partial charge in [-0.25, -0.2) is 0 Å². The third kappa shape index (κ3) is 1.85. The predicted octanol–water partition coefficient (Wildman–Crippen LogP) is 1.02. The van der Waals surface area contributed by atoms with E-state index in [1.54, 1.807) is 0 Å². The second-order valence-corrected chi connectivity index (χ2v) is 4.58. The zero-order valence-electron chi connectivity index (χ0n) is 8.66. The van der Waals surface area contributed by atoms with Gasteiger partial charge in [-0.3, -0.25) is 0 Å². The van der Waals surface area contributed by atoms with Crippen LogP contribution >= 0.6 is 0 Å². The number of rotatable bonds is 2. The molecule has 0 N–H and O–H groups in total. The molecule has 2 heterocycles. The number of piperidine rings is 1. The summed E-state index contributed by atoms with van der Waals surface area (Å²) in [6, 6.07) is 0. The lowest BCUT2D eigenvalue weighted by molar-refractivity contribution is 0.240. The summed E-state index contributed by atoms with van der Waals surface area (Å²) < 4.78 is 0. The van der Waals surface area contributed by atoms with Gasteiger partial charge >= 0.3 is 0 Å². The van der Waals surface area contributed by atoms with Crippen molar-refractivity contribution in [2.45, 2.75) is 19.3 Å². The van der Waals surface area contributed by atoms with Crippen LogP contribution in [0.3, 0.4) is 0 Å². The Morgan fingerprint density at radius 2 is 2.15 bits per heavy atom. The molecule has 2 saturated heterocycles. The molecule has 2 aliphatic heterocycles. The zero-order chi connectivity index (χ0) is 9.31. The van der Waals surface area contributed by atoms with E-state index in [0.29, 0.717) is 5.41 Å². The van der Waals surface area contributed by atoms with Gasteiger partial charge in [-0.1, -0.05) is 0 Å². The maximum Gasteiger partial charge on any atom is 0.0320 e. The van der Waals surface area contributed by atoms with E-state index in [2.05, 4.69) is 16.2 Å². The van der Waals surface area contributed by atoms with Crippen molar-refractivity contribution in [2.24, 2.45) is 10.5 Å². The Kier molecular flexibility index (Phi) is 2.28. The molecule has 0 spiro atoms. The van der Waals surface area contributed by atoms with Crippen LogP contribution < -0.4 is 0 Å². The Balaban J connectivity index is 2.03. The van der Waals surface area contributed by atoms with E-state index in [-0.39, 0.29) is 0 Å². The summed E-state index contributed by atoms with van der Waals surface area (Å²) in [5.41, 5.74) is 0.419. The maximum atomic E-state index is 4.40. The number of nitrogens with zero attached hydrogens (tertiary/aromatic N) is 3. The summed E-state index contributed by atoms with van der Waals surface area (Å²) in [4.78, 5) is 2.56. The van der Waals surface area contributed by atoms with Gasteiger partial charge in [0.25, 0.3) is 0 Å². The first-order valence-electron chi connectivity index (χ1n) is 5.15. The third-order valence-electron chi connectivity index (χ3n) is 3.18. The second kappa shape index (κ2) is 3.29. The molecule has 0 aromatic rings. The average Bonchev–Trinajstić information content (AvgIpc) is 2.40. The summed E-state index contributed by atoms with van der Waals surface area (Å²) in [5, 5.41) is 6.29. The van der Waals surface area contributed by atoms with Gasteiger partial charge in [-0.15, -0.1) is 0 Å². The van der Waals surface area contributed by atoms with Crippen molar-refractivity contribution in [3.63, 3.8) is 0 Å². The Hall–Kier alpha value is -0.570. The van der Waals surface area contributed by atoms with Crippen molar-refractivity contribution in [3.8, 4) is 0 Å². The van der Waals surface area contributed by atoms with Crippen LogP contribution in [0.2, 0.25) is 0 Å². The van der Waals surface area contributed by atoms with Crippen molar-refractivity contribution in [2.75, 3.05) is 33.7 Å². The smallest absolute Gasteiger partial charge is 0.0320 e. The fourth-order valence-electron chi connectivity index (χ4n) is 2.44. The second-order valence-electron chi connectivity index (χ2n) is 4.58. The standard InChI is InChI=1S/C10H19N3/c1-12(2)11-8-10-4-3-6-13(9-10)7-5-10/h8H,3-7,9H2,1-2H3. The van der Waals surface area contributed by atoms with Crippen molar-refractivity contribution < 1.29 is 0 Å². The van der Waals surface area contributed by atoms with Crippen LogP contribution in [0.5, 0.6) is 0 Å². The Bertz CT molecular complexity index is 208. The SMILES string of the molecule is CN(C)N=CC12CCCN(CC1)C2. The van der Waals surface area contributed by atoms with Gasteiger partial charge in [0.2, 0.25) is 0 Å². The molecule has 0 saturated carbocycles. The molecule has 0 aromatic carbocycles. The highest BCUT2D eigenvalue weighted by Gasteiger charge is 2.39. The summed E-state index contributed by atoms with van der Waals surface area (Å²) >= 11 is 0. The van der Waals surface area contributed by atoms with Crippen molar-refractivity contribution in [1.82, 2.24) is 9.91 Å². The van der Waals surface area contributed by atoms with Crippen LogP contribution in [0.4, 0.5) is 0 Å². The van der Waals surface area contributed by atoms with Crippen molar-refractivity contribution >= 4 is 6.21 Å². The molecular formula is C10H19N3. The minimum absolute atomic E-state index is 0.419. The quantitative estimate of drug-likeness (QED) is 0.468. The van der Waals surface area contributed by atoms with Crippen molar-refractivity contribution in [1.29, 1.82) is 0 Å². The lowest BCUT2D eigenvalue weighted by atomic mass is 9.82. The highest BCUT2D eigenvalue weighted by atomic mass is 15.4. The molecule has 3 nitrogen and oxygen atoms in total. The number of fused-ring (bicyclic) bond motifs is 2. The molecule has 0 aliphatic carbocycles. The first-order chi connectivity index (χ1) is 6.20. The monoisotopic (exact) mass is 181 g/mol. The highest BCUT2D eigenvalue weighted by molar-refractivity contribution is 5.66. The van der Waals surface area contributed by atoms with Crippen LogP contribution in [0.15, 0.2) is 5.10 Å². The van der Waals surface area contributed by atoms with Crippen molar-refractivity contribution in [3.05, 3.63) is 0 Å². The molecule has 0 radical (unpaired) electrons. The van der Waals surface area contributed by atoms with Crippen LogP contribution in [0.25, 0.3) is 0 Å². The summed E-state index contributed by atoms with van der Waals surface area (Å²) in [6.07, 6.45) is 6.18. The van der Waals surface area contributed by atoms with E-state index >= 15 is 0 Å². The Morgan fingerprint density at radius 1 is 1.31 bits per heavy atom. The summed E-state index contributed by atoms with van der Waals surface area (Å²) in [6.45, 7) is 3.82. The maximum absolute atomic E-state index is 4.40. The number of hydrazone groups is 1. The first-order valence-corrected chi connectivity index (χ1v) is 5.15. The predicted molar refractivity (Wildman–Crippen MR) is 54.9 cm³/mol. The molecule has 2 bridgehead atoms. The minimum Gasteiger partial charge on any atom is -0.303 e. The minimum atomic E-state index is 0.419. The molecule has 13 heavy (non-hydrogen) atoms. The zero-order valence-corrected chi connectivity index (χ0v) is 8.66. The van der Waals surface area contributed by atoms with Crippen LogP contribution in [-0.2, 0) is 0 Å². The van der Waals surface area contributed by atoms with Gasteiger partial charge in [-0.05, 0) is 32.4 Å². The van der Waals surface area contributed by atoms with Gasteiger partial charge < -0.3 is 9.91 Å². The lowest BCUT2D eigenvalue weighted by Crippen LogP contribution is -2.35. The van der Waals surface area contributed by atoms with E-state index < -0.39 is 0 Å². The van der Waals surface area contributed by atoms with Gasteiger partial charge in [0.15, 0.2) is 0 Å². The molecule has 2 aliphatic rings. The van der Waals surface area contributed by atoms with E-state index in [9.17, 15) is 0 Å². The molecule has 3 heteroatoms. The fraction of sp³-hybridized carbons (Fsp3) is 0.900. The molecule has 2 fully saturated rings. The molecule has 0 aromatic heterocycles. The van der Waals surface area contributed by atoms with Crippen LogP contribution in [0.1, 0.15) is 19.3 Å². The molecule has 2 unspecified atom stereocenters. The van der Waals surface area contributed by atoms with Gasteiger partial charge in [-0.2, -0.15) is 5.10 Å². The van der Waals surface area contributed by atoms with E-state index in [4.69, 9.17) is 0 Å². The van der Waals surface area contributed by atoms with E-state index in [1.165, 1.54) is 38.9 Å². The van der Waals surface area contributed by atoms with E-state index in [0.717, 1.165) is 0 Å². The van der Waals surface area contributed by atoms with E-state index in [1.807, 2.05) is 19.1 Å². The van der Waals surface area contributed by atoms with Gasteiger partial charge in [0.05, 0.1) is 0 Å². The Labute approximate surface area is 80.4 Å². The molecular weight excluding hydrogens is 162 g/mol. The Morgan fingerprint density at radius 3 is 2.92 bits per heavy atom. The van der Waals surface area contributed by atoms with Gasteiger partial charge in [0, 0.05) is 32.3 Å². The fourth-order valence-corrected chi connectivity index (χ4v) is 2.44. The van der Waals surface area contributed by atoms with Crippen LogP contribution in [-0.4, -0.2) is 49.9 Å². The largest absolute Gasteiger partial charge is 0.303 e. The lowest BCUT2D eigenvalue weighted by Gasteiger charge is -2.30. The number of hydrogen-bond acceptors (Lipinski definition) is 3. The van der Waals surface area contributed by atoms with Crippen LogP contribution in [0, 0.1) is 5.41 Å². The summed E-state index contributed by atoms with van der Waals surface area (Å²) in [7, 11) is 3.98. The third-order valence-corrected chi connectivity index (χ3v) is 3.18. The summed E-state index contributed by atoms with van der Waals surface area (Å²) in [5.74, 6) is 0. The molecule has 74 valence electrons. The number of hydrogen-bond donors (Lipinski definition) is 0. The molecule has 2 rings (SSSR count). The topological polar surface area (TPSA) is 18.8 Å². The normalized spacial score (nSPS) is 38.5.